The number of nitrogens with one attached hydrogen (secondary N) is 2. The molecule has 19 heavy (non-hydrogen) atoms. The number of amides is 1. The van der Waals surface area contributed by atoms with Gasteiger partial charge in [-0.25, -0.2) is 0 Å². The van der Waals surface area contributed by atoms with Crippen molar-refractivity contribution >= 4 is 27.5 Å². The molecular weight excluding hydrogens is 306 g/mol. The second-order valence-corrected chi connectivity index (χ2v) is 6.29. The minimum atomic E-state index is 0.0174. The summed E-state index contributed by atoms with van der Waals surface area (Å²) in [5, 5.41) is 6.30. The van der Waals surface area contributed by atoms with Gasteiger partial charge in [0.15, 0.2) is 0 Å². The van der Waals surface area contributed by atoms with E-state index in [1.54, 1.807) is 0 Å². The van der Waals surface area contributed by atoms with Crippen molar-refractivity contribution in [2.75, 3.05) is 31.5 Å². The Morgan fingerprint density at radius 3 is 2.89 bits per heavy atom. The second-order valence-electron chi connectivity index (χ2n) is 5.44. The second kappa shape index (κ2) is 6.03. The summed E-state index contributed by atoms with van der Waals surface area (Å²) >= 11 is 3.43. The van der Waals surface area contributed by atoms with Crippen molar-refractivity contribution in [1.82, 2.24) is 10.2 Å². The summed E-state index contributed by atoms with van der Waals surface area (Å²) in [5.41, 5.74) is 0.837. The maximum absolute atomic E-state index is 12.1. The van der Waals surface area contributed by atoms with E-state index in [9.17, 15) is 4.79 Å². The maximum atomic E-state index is 12.1. The van der Waals surface area contributed by atoms with E-state index in [1.165, 1.54) is 0 Å². The smallest absolute Gasteiger partial charge is 0.238 e. The van der Waals surface area contributed by atoms with Gasteiger partial charge in [-0.3, -0.25) is 9.69 Å². The van der Waals surface area contributed by atoms with Crippen molar-refractivity contribution in [3.05, 3.63) is 28.7 Å². The Bertz CT molecular complexity index is 462. The third kappa shape index (κ3) is 3.78. The Kier molecular flexibility index (Phi) is 4.60. The number of para-hydroxylation sites is 1. The minimum Gasteiger partial charge on any atom is -0.324 e. The first-order valence-electron chi connectivity index (χ1n) is 6.49. The van der Waals surface area contributed by atoms with Crippen LogP contribution in [-0.2, 0) is 4.79 Å². The predicted octanol–water partition coefficient (Wildman–Crippen LogP) is 2.07. The van der Waals surface area contributed by atoms with Crippen molar-refractivity contribution in [2.45, 2.75) is 19.4 Å². The van der Waals surface area contributed by atoms with E-state index in [2.05, 4.69) is 45.3 Å². The predicted molar refractivity (Wildman–Crippen MR) is 81.3 cm³/mol. The number of anilines is 1. The largest absolute Gasteiger partial charge is 0.324 e. The molecule has 5 heteroatoms. The molecule has 1 aromatic rings. The van der Waals surface area contributed by atoms with Gasteiger partial charge in [0, 0.05) is 29.6 Å². The molecule has 1 aliphatic rings. The summed E-state index contributed by atoms with van der Waals surface area (Å²) in [6.45, 7) is 7.49. The van der Waals surface area contributed by atoms with Gasteiger partial charge in [-0.15, -0.1) is 0 Å². The molecule has 0 bridgehead atoms. The SMILES string of the molecule is CC1(C)CNCCN1CC(=O)Nc1ccccc1Br. The number of carbonyl (C=O) groups excluding carboxylic acids is 1. The fourth-order valence-electron chi connectivity index (χ4n) is 2.24. The van der Waals surface area contributed by atoms with E-state index in [-0.39, 0.29) is 11.4 Å². The molecule has 0 saturated carbocycles. The molecule has 0 aliphatic carbocycles. The number of rotatable bonds is 3. The molecule has 1 amide bonds. The third-order valence-corrected chi connectivity index (χ3v) is 4.15. The van der Waals surface area contributed by atoms with Crippen molar-refractivity contribution in [1.29, 1.82) is 0 Å². The van der Waals surface area contributed by atoms with Crippen LogP contribution >= 0.6 is 15.9 Å². The van der Waals surface area contributed by atoms with Gasteiger partial charge in [0.2, 0.25) is 5.91 Å². The molecule has 0 unspecified atom stereocenters. The number of piperazine rings is 1. The molecule has 0 radical (unpaired) electrons. The molecule has 0 spiro atoms. The van der Waals surface area contributed by atoms with Crippen molar-refractivity contribution in [3.63, 3.8) is 0 Å². The van der Waals surface area contributed by atoms with Crippen molar-refractivity contribution in [2.24, 2.45) is 0 Å². The van der Waals surface area contributed by atoms with Gasteiger partial charge in [0.25, 0.3) is 0 Å². The maximum Gasteiger partial charge on any atom is 0.238 e. The normalized spacial score (nSPS) is 19.1. The van der Waals surface area contributed by atoms with Crippen LogP contribution in [0.2, 0.25) is 0 Å². The zero-order chi connectivity index (χ0) is 13.9. The van der Waals surface area contributed by atoms with Gasteiger partial charge >= 0.3 is 0 Å². The zero-order valence-electron chi connectivity index (χ0n) is 11.4. The fraction of sp³-hybridized carbons (Fsp3) is 0.500. The Morgan fingerprint density at radius 1 is 1.47 bits per heavy atom. The molecule has 2 N–H and O–H groups in total. The first-order chi connectivity index (χ1) is 8.99. The summed E-state index contributed by atoms with van der Waals surface area (Å²) in [5.74, 6) is 0.0295. The Hall–Kier alpha value is -0.910. The lowest BCUT2D eigenvalue weighted by molar-refractivity contribution is -0.119. The Balaban J connectivity index is 1.96. The summed E-state index contributed by atoms with van der Waals surface area (Å²) in [7, 11) is 0. The number of hydrogen-bond donors (Lipinski definition) is 2. The molecule has 0 aromatic heterocycles. The number of benzene rings is 1. The van der Waals surface area contributed by atoms with Crippen molar-refractivity contribution < 1.29 is 4.79 Å². The lowest BCUT2D eigenvalue weighted by Gasteiger charge is -2.42. The molecule has 2 rings (SSSR count). The van der Waals surface area contributed by atoms with Gasteiger partial charge in [0.05, 0.1) is 12.2 Å². The highest BCUT2D eigenvalue weighted by Gasteiger charge is 2.30. The third-order valence-electron chi connectivity index (χ3n) is 3.45. The molecule has 104 valence electrons. The molecule has 4 nitrogen and oxygen atoms in total. The number of carbonyl (C=O) groups is 1. The van der Waals surface area contributed by atoms with Crippen molar-refractivity contribution in [3.8, 4) is 0 Å². The minimum absolute atomic E-state index is 0.0174. The van der Waals surface area contributed by atoms with Crippen LogP contribution in [-0.4, -0.2) is 42.5 Å². The van der Waals surface area contributed by atoms with Crippen LogP contribution in [0, 0.1) is 0 Å². The lowest BCUT2D eigenvalue weighted by Crippen LogP contribution is -2.59. The standard InChI is InChI=1S/C14H20BrN3O/c1-14(2)10-16-7-8-18(14)9-13(19)17-12-6-4-3-5-11(12)15/h3-6,16H,7-10H2,1-2H3,(H,17,19). The van der Waals surface area contributed by atoms with Crippen LogP contribution in [0.3, 0.4) is 0 Å². The first-order valence-corrected chi connectivity index (χ1v) is 7.28. The highest BCUT2D eigenvalue weighted by atomic mass is 79.9. The summed E-state index contributed by atoms with van der Waals surface area (Å²) in [4.78, 5) is 14.3. The van der Waals surface area contributed by atoms with Crippen LogP contribution < -0.4 is 10.6 Å². The number of hydrogen-bond acceptors (Lipinski definition) is 3. The Morgan fingerprint density at radius 2 is 2.21 bits per heavy atom. The first kappa shape index (κ1) is 14.5. The molecule has 0 atom stereocenters. The number of halogens is 1. The van der Waals surface area contributed by atoms with E-state index in [0.717, 1.165) is 29.8 Å². The monoisotopic (exact) mass is 325 g/mol. The van der Waals surface area contributed by atoms with Crippen LogP contribution in [0.4, 0.5) is 5.69 Å². The highest BCUT2D eigenvalue weighted by Crippen LogP contribution is 2.21. The highest BCUT2D eigenvalue weighted by molar-refractivity contribution is 9.10. The van der Waals surface area contributed by atoms with E-state index in [1.807, 2.05) is 24.3 Å². The average Bonchev–Trinajstić information content (AvgIpc) is 2.35. The zero-order valence-corrected chi connectivity index (χ0v) is 13.0. The van der Waals surface area contributed by atoms with Gasteiger partial charge in [-0.05, 0) is 41.9 Å². The van der Waals surface area contributed by atoms with Gasteiger partial charge in [-0.1, -0.05) is 12.1 Å². The fourth-order valence-corrected chi connectivity index (χ4v) is 2.63. The summed E-state index contributed by atoms with van der Waals surface area (Å²) < 4.78 is 0.905. The van der Waals surface area contributed by atoms with Crippen LogP contribution in [0.25, 0.3) is 0 Å². The van der Waals surface area contributed by atoms with E-state index in [4.69, 9.17) is 0 Å². The lowest BCUT2D eigenvalue weighted by atomic mass is 10.0. The molecule has 1 aliphatic heterocycles. The average molecular weight is 326 g/mol. The summed E-state index contributed by atoms with van der Waals surface area (Å²) in [6, 6.07) is 7.66. The van der Waals surface area contributed by atoms with Gasteiger partial charge in [0.1, 0.15) is 0 Å². The molecule has 1 fully saturated rings. The van der Waals surface area contributed by atoms with Crippen LogP contribution in [0.15, 0.2) is 28.7 Å². The molecule has 1 saturated heterocycles. The van der Waals surface area contributed by atoms with Gasteiger partial charge in [-0.2, -0.15) is 0 Å². The van der Waals surface area contributed by atoms with E-state index >= 15 is 0 Å². The number of nitrogens with zero attached hydrogens (tertiary/aromatic N) is 1. The molecule has 1 heterocycles. The quantitative estimate of drug-likeness (QED) is 0.894. The summed E-state index contributed by atoms with van der Waals surface area (Å²) in [6.07, 6.45) is 0. The molecule has 1 aromatic carbocycles. The van der Waals surface area contributed by atoms with E-state index in [0.29, 0.717) is 6.54 Å². The van der Waals surface area contributed by atoms with Gasteiger partial charge < -0.3 is 10.6 Å². The van der Waals surface area contributed by atoms with Crippen LogP contribution in [0.1, 0.15) is 13.8 Å². The Labute approximate surface area is 122 Å². The van der Waals surface area contributed by atoms with E-state index < -0.39 is 0 Å². The molecular formula is C14H20BrN3O. The van der Waals surface area contributed by atoms with Crippen LogP contribution in [0.5, 0.6) is 0 Å². The topological polar surface area (TPSA) is 44.4 Å².